The molecule has 4 heteroatoms. The third-order valence-corrected chi connectivity index (χ3v) is 6.02. The Labute approximate surface area is 111 Å². The molecule has 17 heavy (non-hydrogen) atoms. The van der Waals surface area contributed by atoms with Crippen LogP contribution < -0.4 is 5.73 Å². The van der Waals surface area contributed by atoms with Crippen molar-refractivity contribution in [3.63, 3.8) is 0 Å². The van der Waals surface area contributed by atoms with Gasteiger partial charge in [-0.15, -0.1) is 0 Å². The summed E-state index contributed by atoms with van der Waals surface area (Å²) in [6, 6.07) is 5.16. The number of hydrogen-bond acceptors (Lipinski definition) is 3. The molecule has 0 aliphatic carbocycles. The number of rotatable bonds is 3. The highest BCUT2D eigenvalue weighted by Gasteiger charge is 2.22. The Kier molecular flexibility index (Phi) is 4.77. The first-order valence-electron chi connectivity index (χ1n) is 5.87. The van der Waals surface area contributed by atoms with Gasteiger partial charge in [0.25, 0.3) is 0 Å². The van der Waals surface area contributed by atoms with Crippen LogP contribution in [0.5, 0.6) is 0 Å². The summed E-state index contributed by atoms with van der Waals surface area (Å²) in [5.74, 6) is 3.42. The van der Waals surface area contributed by atoms with Gasteiger partial charge in [-0.1, -0.05) is 6.07 Å². The van der Waals surface area contributed by atoms with Crippen LogP contribution in [0.2, 0.25) is 0 Å². The molecule has 0 bridgehead atoms. The minimum Gasteiger partial charge on any atom is -0.326 e. The van der Waals surface area contributed by atoms with Gasteiger partial charge in [-0.3, -0.25) is 0 Å². The zero-order valence-corrected chi connectivity index (χ0v) is 11.6. The third-order valence-electron chi connectivity index (χ3n) is 3.08. The van der Waals surface area contributed by atoms with E-state index in [1.165, 1.54) is 23.1 Å². The number of hydrogen-bond donors (Lipinski definition) is 1. The standard InChI is InChI=1S/C13H18FNS2/c1-9-6-11(14)3-2-10(9)7-12(15)13-8-16-4-5-17-13/h2-3,6,12-13H,4-5,7-8,15H2,1H3. The van der Waals surface area contributed by atoms with E-state index >= 15 is 0 Å². The number of benzene rings is 1. The average Bonchev–Trinajstić information content (AvgIpc) is 2.34. The second-order valence-corrected chi connectivity index (χ2v) is 6.92. The van der Waals surface area contributed by atoms with Crippen molar-refractivity contribution in [3.05, 3.63) is 35.1 Å². The predicted molar refractivity (Wildman–Crippen MR) is 76.4 cm³/mol. The zero-order chi connectivity index (χ0) is 12.3. The van der Waals surface area contributed by atoms with Crippen molar-refractivity contribution < 1.29 is 4.39 Å². The van der Waals surface area contributed by atoms with Gasteiger partial charge >= 0.3 is 0 Å². The SMILES string of the molecule is Cc1cc(F)ccc1CC(N)C1CSCCS1. The van der Waals surface area contributed by atoms with Crippen LogP contribution in [0.25, 0.3) is 0 Å². The van der Waals surface area contributed by atoms with Crippen LogP contribution >= 0.6 is 23.5 Å². The highest BCUT2D eigenvalue weighted by atomic mass is 32.2. The molecule has 2 rings (SSSR count). The van der Waals surface area contributed by atoms with Crippen molar-refractivity contribution in [1.29, 1.82) is 0 Å². The minimum absolute atomic E-state index is 0.164. The lowest BCUT2D eigenvalue weighted by Gasteiger charge is -2.27. The molecule has 1 aromatic carbocycles. The van der Waals surface area contributed by atoms with Crippen LogP contribution in [0.15, 0.2) is 18.2 Å². The van der Waals surface area contributed by atoms with E-state index in [2.05, 4.69) is 0 Å². The lowest BCUT2D eigenvalue weighted by Crippen LogP contribution is -2.38. The van der Waals surface area contributed by atoms with Crippen molar-refractivity contribution in [1.82, 2.24) is 0 Å². The summed E-state index contributed by atoms with van der Waals surface area (Å²) in [4.78, 5) is 0. The first kappa shape index (κ1) is 13.2. The second-order valence-electron chi connectivity index (χ2n) is 4.42. The molecule has 1 fully saturated rings. The molecule has 2 unspecified atom stereocenters. The van der Waals surface area contributed by atoms with Gasteiger partial charge < -0.3 is 5.73 Å². The van der Waals surface area contributed by atoms with Gasteiger partial charge in [0.05, 0.1) is 0 Å². The van der Waals surface area contributed by atoms with E-state index in [1.54, 1.807) is 6.07 Å². The average molecular weight is 271 g/mol. The lowest BCUT2D eigenvalue weighted by molar-refractivity contribution is 0.621. The van der Waals surface area contributed by atoms with Crippen molar-refractivity contribution in [2.24, 2.45) is 5.73 Å². The summed E-state index contributed by atoms with van der Waals surface area (Å²) in [7, 11) is 0. The highest BCUT2D eigenvalue weighted by molar-refractivity contribution is 8.06. The van der Waals surface area contributed by atoms with E-state index in [4.69, 9.17) is 5.73 Å². The third kappa shape index (κ3) is 3.63. The number of aryl methyl sites for hydroxylation is 1. The van der Waals surface area contributed by atoms with Gasteiger partial charge in [0.15, 0.2) is 0 Å². The van der Waals surface area contributed by atoms with Crippen molar-refractivity contribution >= 4 is 23.5 Å². The Hall–Kier alpha value is -0.190. The van der Waals surface area contributed by atoms with Crippen LogP contribution in [-0.4, -0.2) is 28.6 Å². The number of thioether (sulfide) groups is 2. The maximum Gasteiger partial charge on any atom is 0.123 e. The van der Waals surface area contributed by atoms with Gasteiger partial charge in [0.2, 0.25) is 0 Å². The maximum absolute atomic E-state index is 13.0. The molecule has 0 radical (unpaired) electrons. The molecule has 1 aliphatic heterocycles. The molecule has 2 N–H and O–H groups in total. The highest BCUT2D eigenvalue weighted by Crippen LogP contribution is 2.27. The van der Waals surface area contributed by atoms with Crippen molar-refractivity contribution in [2.45, 2.75) is 24.6 Å². The molecule has 1 nitrogen and oxygen atoms in total. The van der Waals surface area contributed by atoms with E-state index in [-0.39, 0.29) is 11.9 Å². The van der Waals surface area contributed by atoms with Gasteiger partial charge in [-0.2, -0.15) is 23.5 Å². The van der Waals surface area contributed by atoms with E-state index in [0.29, 0.717) is 5.25 Å². The Bertz CT molecular complexity index is 378. The van der Waals surface area contributed by atoms with Gasteiger partial charge in [-0.25, -0.2) is 4.39 Å². The van der Waals surface area contributed by atoms with E-state index < -0.39 is 0 Å². The Morgan fingerprint density at radius 1 is 1.47 bits per heavy atom. The summed E-state index contributed by atoms with van der Waals surface area (Å²) < 4.78 is 13.0. The molecule has 94 valence electrons. The molecule has 1 heterocycles. The maximum atomic E-state index is 13.0. The predicted octanol–water partition coefficient (Wildman–Crippen LogP) is 2.85. The summed E-state index contributed by atoms with van der Waals surface area (Å²) in [6.45, 7) is 1.95. The molecule has 1 saturated heterocycles. The first-order chi connectivity index (χ1) is 8.16. The van der Waals surface area contributed by atoms with E-state index in [0.717, 1.165) is 17.7 Å². The van der Waals surface area contributed by atoms with Gasteiger partial charge in [-0.05, 0) is 36.6 Å². The normalized spacial score (nSPS) is 22.4. The lowest BCUT2D eigenvalue weighted by atomic mass is 10.00. The summed E-state index contributed by atoms with van der Waals surface area (Å²) in [5.41, 5.74) is 8.44. The summed E-state index contributed by atoms with van der Waals surface area (Å²) in [5, 5.41) is 0.540. The van der Waals surface area contributed by atoms with Crippen LogP contribution in [0.1, 0.15) is 11.1 Å². The van der Waals surface area contributed by atoms with Crippen LogP contribution in [0.4, 0.5) is 4.39 Å². The zero-order valence-electron chi connectivity index (χ0n) is 9.99. The van der Waals surface area contributed by atoms with Crippen molar-refractivity contribution in [2.75, 3.05) is 17.3 Å². The van der Waals surface area contributed by atoms with Crippen LogP contribution in [-0.2, 0) is 6.42 Å². The quantitative estimate of drug-likeness (QED) is 0.915. The fraction of sp³-hybridized carbons (Fsp3) is 0.538. The Morgan fingerprint density at radius 2 is 2.29 bits per heavy atom. The van der Waals surface area contributed by atoms with Crippen molar-refractivity contribution in [3.8, 4) is 0 Å². The number of nitrogens with two attached hydrogens (primary N) is 1. The fourth-order valence-corrected chi connectivity index (χ4v) is 4.85. The monoisotopic (exact) mass is 271 g/mol. The van der Waals surface area contributed by atoms with Gasteiger partial charge in [0, 0.05) is 28.6 Å². The number of halogens is 1. The first-order valence-corrected chi connectivity index (χ1v) is 8.07. The van der Waals surface area contributed by atoms with Crippen LogP contribution in [0, 0.1) is 12.7 Å². The molecule has 0 saturated carbocycles. The summed E-state index contributed by atoms with van der Waals surface area (Å²) in [6.07, 6.45) is 0.852. The van der Waals surface area contributed by atoms with E-state index in [1.807, 2.05) is 36.5 Å². The molecular formula is C13H18FNS2. The molecule has 0 amide bonds. The molecule has 1 aliphatic rings. The largest absolute Gasteiger partial charge is 0.326 e. The van der Waals surface area contributed by atoms with Gasteiger partial charge in [0.1, 0.15) is 5.82 Å². The minimum atomic E-state index is -0.164. The molecule has 0 aromatic heterocycles. The van der Waals surface area contributed by atoms with Crippen LogP contribution in [0.3, 0.4) is 0 Å². The Morgan fingerprint density at radius 3 is 2.94 bits per heavy atom. The van der Waals surface area contributed by atoms with E-state index in [9.17, 15) is 4.39 Å². The second kappa shape index (κ2) is 6.12. The molecule has 2 atom stereocenters. The molecule has 0 spiro atoms. The smallest absolute Gasteiger partial charge is 0.123 e. The Balaban J connectivity index is 1.99. The fourth-order valence-electron chi connectivity index (χ4n) is 2.03. The molecular weight excluding hydrogens is 253 g/mol. The summed E-state index contributed by atoms with van der Waals surface area (Å²) >= 11 is 3.97. The topological polar surface area (TPSA) is 26.0 Å². The molecule has 1 aromatic rings.